The van der Waals surface area contributed by atoms with Crippen LogP contribution in [0.2, 0.25) is 0 Å². The van der Waals surface area contributed by atoms with Gasteiger partial charge in [0.1, 0.15) is 5.75 Å². The number of carbonyl (C=O) groups excluding carboxylic acids is 1. The van der Waals surface area contributed by atoms with E-state index in [9.17, 15) is 28.1 Å². The number of nitro groups is 1. The Labute approximate surface area is 156 Å². The van der Waals surface area contributed by atoms with E-state index in [1.54, 1.807) is 18.2 Å². The van der Waals surface area contributed by atoms with Crippen molar-refractivity contribution in [3.8, 4) is 5.75 Å². The molecule has 0 saturated heterocycles. The van der Waals surface area contributed by atoms with E-state index < -0.39 is 28.3 Å². The first-order valence-corrected chi connectivity index (χ1v) is 8.53. The summed E-state index contributed by atoms with van der Waals surface area (Å²) in [6, 6.07) is 7.38. The average molecular weight is 400 g/mol. The molecule has 27 heavy (non-hydrogen) atoms. The summed E-state index contributed by atoms with van der Waals surface area (Å²) < 4.78 is 43.3. The third-order valence-electron chi connectivity index (χ3n) is 3.47. The Morgan fingerprint density at radius 2 is 1.96 bits per heavy atom. The molecule has 0 heterocycles. The van der Waals surface area contributed by atoms with Gasteiger partial charge in [-0.3, -0.25) is 14.9 Å². The van der Waals surface area contributed by atoms with Crippen molar-refractivity contribution < 1.29 is 27.6 Å². The lowest BCUT2D eigenvalue weighted by atomic mass is 10.2. The number of ether oxygens (including phenoxy) is 1. The second kappa shape index (κ2) is 8.30. The fourth-order valence-electron chi connectivity index (χ4n) is 2.21. The molecule has 0 spiro atoms. The van der Waals surface area contributed by atoms with Crippen LogP contribution in [0.5, 0.6) is 5.75 Å². The van der Waals surface area contributed by atoms with Crippen molar-refractivity contribution >= 4 is 29.0 Å². The lowest BCUT2D eigenvalue weighted by Crippen LogP contribution is -2.15. The number of carbonyl (C=O) groups is 1. The monoisotopic (exact) mass is 400 g/mol. The molecule has 2 aromatic rings. The van der Waals surface area contributed by atoms with Gasteiger partial charge in [-0.1, -0.05) is 6.07 Å². The highest BCUT2D eigenvalue weighted by Crippen LogP contribution is 2.36. The first-order chi connectivity index (χ1) is 12.6. The number of nitrogens with one attached hydrogen (secondary N) is 1. The average Bonchev–Trinajstić information content (AvgIpc) is 2.59. The summed E-state index contributed by atoms with van der Waals surface area (Å²) in [6.45, 7) is 1.83. The molecular formula is C17H15F3N2O4S. The van der Waals surface area contributed by atoms with Crippen LogP contribution in [0.1, 0.15) is 11.1 Å². The van der Waals surface area contributed by atoms with E-state index in [1.807, 2.05) is 6.92 Å². The molecule has 1 N–H and O–H groups in total. The molecule has 0 aliphatic heterocycles. The van der Waals surface area contributed by atoms with Crippen LogP contribution in [0.25, 0.3) is 0 Å². The van der Waals surface area contributed by atoms with E-state index in [2.05, 4.69) is 5.32 Å². The Morgan fingerprint density at radius 1 is 1.26 bits per heavy atom. The van der Waals surface area contributed by atoms with Gasteiger partial charge >= 0.3 is 6.18 Å². The number of amides is 1. The maximum Gasteiger partial charge on any atom is 0.416 e. The van der Waals surface area contributed by atoms with Gasteiger partial charge in [-0.25, -0.2) is 0 Å². The summed E-state index contributed by atoms with van der Waals surface area (Å²) in [5.74, 6) is -0.249. The van der Waals surface area contributed by atoms with Crippen LogP contribution in [-0.4, -0.2) is 23.7 Å². The number of alkyl halides is 3. The molecule has 0 saturated carbocycles. The van der Waals surface area contributed by atoms with Crippen molar-refractivity contribution in [1.82, 2.24) is 0 Å². The van der Waals surface area contributed by atoms with E-state index in [-0.39, 0.29) is 10.6 Å². The third-order valence-corrected chi connectivity index (χ3v) is 4.53. The number of aryl methyl sites for hydroxylation is 1. The fourth-order valence-corrected chi connectivity index (χ4v) is 3.01. The smallest absolute Gasteiger partial charge is 0.416 e. The number of thioether (sulfide) groups is 1. The van der Waals surface area contributed by atoms with Gasteiger partial charge in [0.15, 0.2) is 0 Å². The highest BCUT2D eigenvalue weighted by molar-refractivity contribution is 8.00. The zero-order valence-electron chi connectivity index (χ0n) is 14.3. The maximum atomic E-state index is 12.7. The first-order valence-electron chi connectivity index (χ1n) is 7.54. The zero-order chi connectivity index (χ0) is 20.2. The van der Waals surface area contributed by atoms with Crippen molar-refractivity contribution in [3.05, 3.63) is 57.6 Å². The largest absolute Gasteiger partial charge is 0.495 e. The van der Waals surface area contributed by atoms with E-state index in [0.717, 1.165) is 29.5 Å². The number of halogens is 3. The molecule has 0 fully saturated rings. The Balaban J connectivity index is 2.13. The number of methoxy groups -OCH3 is 1. The molecular weight excluding hydrogens is 385 g/mol. The molecule has 0 aromatic heterocycles. The van der Waals surface area contributed by atoms with E-state index in [1.165, 1.54) is 7.11 Å². The molecule has 6 nitrogen and oxygen atoms in total. The number of benzene rings is 2. The highest BCUT2D eigenvalue weighted by Gasteiger charge is 2.33. The Hall–Kier alpha value is -2.75. The SMILES string of the molecule is COc1ccc(C)cc1NC(=O)CSc1ccc(C(F)(F)F)cc1[N+](=O)[O-]. The van der Waals surface area contributed by atoms with Crippen molar-refractivity contribution in [2.45, 2.75) is 18.0 Å². The summed E-state index contributed by atoms with van der Waals surface area (Å²) in [5, 5.41) is 13.7. The quantitative estimate of drug-likeness (QED) is 0.433. The van der Waals surface area contributed by atoms with Gasteiger partial charge in [-0.15, -0.1) is 11.8 Å². The van der Waals surface area contributed by atoms with Crippen LogP contribution in [0.4, 0.5) is 24.5 Å². The predicted molar refractivity (Wildman–Crippen MR) is 95.2 cm³/mol. The van der Waals surface area contributed by atoms with E-state index in [0.29, 0.717) is 17.5 Å². The van der Waals surface area contributed by atoms with Gasteiger partial charge in [-0.2, -0.15) is 13.2 Å². The van der Waals surface area contributed by atoms with Crippen molar-refractivity contribution in [2.24, 2.45) is 0 Å². The van der Waals surface area contributed by atoms with Gasteiger partial charge in [0.25, 0.3) is 5.69 Å². The first kappa shape index (κ1) is 20.6. The molecule has 0 radical (unpaired) electrons. The molecule has 10 heteroatoms. The molecule has 0 atom stereocenters. The Morgan fingerprint density at radius 3 is 2.56 bits per heavy atom. The predicted octanol–water partition coefficient (Wildman–Crippen LogP) is 4.66. The molecule has 144 valence electrons. The zero-order valence-corrected chi connectivity index (χ0v) is 15.1. The van der Waals surface area contributed by atoms with Crippen molar-refractivity contribution in [3.63, 3.8) is 0 Å². The fraction of sp³-hybridized carbons (Fsp3) is 0.235. The van der Waals surface area contributed by atoms with Crippen LogP contribution < -0.4 is 10.1 Å². The van der Waals surface area contributed by atoms with Crippen LogP contribution in [-0.2, 0) is 11.0 Å². The van der Waals surface area contributed by atoms with Crippen LogP contribution >= 0.6 is 11.8 Å². The minimum absolute atomic E-state index is 0.0284. The topological polar surface area (TPSA) is 81.5 Å². The lowest BCUT2D eigenvalue weighted by Gasteiger charge is -2.11. The van der Waals surface area contributed by atoms with Gasteiger partial charge in [0, 0.05) is 6.07 Å². The van der Waals surface area contributed by atoms with Gasteiger partial charge < -0.3 is 10.1 Å². The summed E-state index contributed by atoms with van der Waals surface area (Å²) in [6.07, 6.45) is -4.69. The molecule has 0 unspecified atom stereocenters. The number of nitrogens with zero attached hydrogens (tertiary/aromatic N) is 1. The number of nitro benzene ring substituents is 1. The number of hydrogen-bond donors (Lipinski definition) is 1. The van der Waals surface area contributed by atoms with Crippen LogP contribution in [0.3, 0.4) is 0 Å². The summed E-state index contributed by atoms with van der Waals surface area (Å²) >= 11 is 0.778. The summed E-state index contributed by atoms with van der Waals surface area (Å²) in [4.78, 5) is 22.3. The second-order valence-corrected chi connectivity index (χ2v) is 6.50. The molecule has 0 bridgehead atoms. The maximum absolute atomic E-state index is 12.7. The molecule has 2 rings (SSSR count). The van der Waals surface area contributed by atoms with E-state index in [4.69, 9.17) is 4.74 Å². The lowest BCUT2D eigenvalue weighted by molar-refractivity contribution is -0.388. The van der Waals surface area contributed by atoms with E-state index >= 15 is 0 Å². The highest BCUT2D eigenvalue weighted by atomic mass is 32.2. The molecule has 0 aliphatic rings. The van der Waals surface area contributed by atoms with Crippen LogP contribution in [0.15, 0.2) is 41.3 Å². The third kappa shape index (κ3) is 5.36. The molecule has 1 amide bonds. The summed E-state index contributed by atoms with van der Waals surface area (Å²) in [5.41, 5.74) is -0.495. The second-order valence-electron chi connectivity index (χ2n) is 5.48. The number of anilines is 1. The molecule has 2 aromatic carbocycles. The minimum Gasteiger partial charge on any atom is -0.495 e. The van der Waals surface area contributed by atoms with Crippen molar-refractivity contribution in [2.75, 3.05) is 18.2 Å². The van der Waals surface area contributed by atoms with Gasteiger partial charge in [0.05, 0.1) is 33.9 Å². The molecule has 0 aliphatic carbocycles. The van der Waals surface area contributed by atoms with Gasteiger partial charge in [-0.05, 0) is 36.8 Å². The summed E-state index contributed by atoms with van der Waals surface area (Å²) in [7, 11) is 1.45. The Bertz CT molecular complexity index is 872. The van der Waals surface area contributed by atoms with Gasteiger partial charge in [0.2, 0.25) is 5.91 Å². The van der Waals surface area contributed by atoms with Crippen LogP contribution in [0, 0.1) is 17.0 Å². The van der Waals surface area contributed by atoms with Crippen molar-refractivity contribution in [1.29, 1.82) is 0 Å². The standard InChI is InChI=1S/C17H15F3N2O4S/c1-10-3-5-14(26-2)12(7-10)21-16(23)9-27-15-6-4-11(17(18,19)20)8-13(15)22(24)25/h3-8H,9H2,1-2H3,(H,21,23). The minimum atomic E-state index is -4.69. The Kier molecular flexibility index (Phi) is 6.32. The normalized spacial score (nSPS) is 11.1. The number of rotatable bonds is 6. The number of hydrogen-bond acceptors (Lipinski definition) is 5.